The van der Waals surface area contributed by atoms with E-state index in [9.17, 15) is 9.59 Å². The Labute approximate surface area is 101 Å². The number of hydrogen-bond acceptors (Lipinski definition) is 3. The second-order valence-corrected chi connectivity index (χ2v) is 3.56. The molecule has 1 aliphatic rings. The fourth-order valence-corrected chi connectivity index (χ4v) is 1.23. The van der Waals surface area contributed by atoms with Crippen LogP contribution >= 0.6 is 0 Å². The molecule has 1 heterocycles. The fourth-order valence-electron chi connectivity index (χ4n) is 1.23. The number of hydrogen-bond donors (Lipinski definition) is 2. The van der Waals surface area contributed by atoms with Gasteiger partial charge in [0.05, 0.1) is 0 Å². The molecule has 0 bridgehead atoms. The van der Waals surface area contributed by atoms with E-state index < -0.39 is 11.7 Å². The van der Waals surface area contributed by atoms with Crippen molar-refractivity contribution < 1.29 is 19.8 Å². The number of aliphatic carboxylic acids is 1. The number of aliphatic hydroxyl groups is 1. The Morgan fingerprint density at radius 1 is 1.53 bits per heavy atom. The van der Waals surface area contributed by atoms with Gasteiger partial charge in [0.25, 0.3) is 0 Å². The van der Waals surface area contributed by atoms with E-state index >= 15 is 0 Å². The summed E-state index contributed by atoms with van der Waals surface area (Å²) in [6.45, 7) is 6.27. The summed E-state index contributed by atoms with van der Waals surface area (Å²) in [5.41, 5.74) is 0. The van der Waals surface area contributed by atoms with Crippen LogP contribution in [0.25, 0.3) is 0 Å². The van der Waals surface area contributed by atoms with Gasteiger partial charge in [-0.25, -0.2) is 4.79 Å². The maximum atomic E-state index is 10.7. The maximum Gasteiger partial charge on any atom is 0.370 e. The summed E-state index contributed by atoms with van der Waals surface area (Å²) in [6, 6.07) is 0. The Balaban J connectivity index is 0.000000302. The van der Waals surface area contributed by atoms with Gasteiger partial charge in [-0.1, -0.05) is 19.9 Å². The van der Waals surface area contributed by atoms with Crippen LogP contribution < -0.4 is 0 Å². The summed E-state index contributed by atoms with van der Waals surface area (Å²) in [5.74, 6) is -1.61. The molecule has 0 aromatic heterocycles. The van der Waals surface area contributed by atoms with Crippen LogP contribution in [0.15, 0.2) is 24.6 Å². The third-order valence-corrected chi connectivity index (χ3v) is 2.18. The maximum absolute atomic E-state index is 10.7. The lowest BCUT2D eigenvalue weighted by atomic mass is 10.3. The van der Waals surface area contributed by atoms with E-state index in [-0.39, 0.29) is 5.91 Å². The van der Waals surface area contributed by atoms with Crippen molar-refractivity contribution in [1.82, 2.24) is 4.90 Å². The minimum atomic E-state index is -1.26. The second kappa shape index (κ2) is 8.38. The van der Waals surface area contributed by atoms with Gasteiger partial charge in [0, 0.05) is 13.0 Å². The van der Waals surface area contributed by atoms with Crippen molar-refractivity contribution >= 4 is 11.9 Å². The SMILES string of the molecule is C=CN1CCCC1=O.CCC/C=C(\O)C(=O)O. The van der Waals surface area contributed by atoms with Gasteiger partial charge in [-0.15, -0.1) is 0 Å². The molecule has 0 radical (unpaired) electrons. The first-order valence-electron chi connectivity index (χ1n) is 5.57. The first-order chi connectivity index (χ1) is 8.02. The molecular formula is C12H19NO4. The van der Waals surface area contributed by atoms with Crippen LogP contribution in [-0.4, -0.2) is 33.5 Å². The van der Waals surface area contributed by atoms with Crippen molar-refractivity contribution in [3.8, 4) is 0 Å². The molecular weight excluding hydrogens is 222 g/mol. The largest absolute Gasteiger partial charge is 0.502 e. The van der Waals surface area contributed by atoms with Crippen molar-refractivity contribution in [2.75, 3.05) is 6.54 Å². The summed E-state index contributed by atoms with van der Waals surface area (Å²) in [6.07, 6.45) is 6.03. The fraction of sp³-hybridized carbons (Fsp3) is 0.500. The smallest absolute Gasteiger partial charge is 0.370 e. The Kier molecular flexibility index (Phi) is 7.50. The zero-order valence-electron chi connectivity index (χ0n) is 10.1. The first-order valence-corrected chi connectivity index (χ1v) is 5.57. The number of unbranched alkanes of at least 4 members (excludes halogenated alkanes) is 1. The van der Waals surface area contributed by atoms with Crippen LogP contribution in [-0.2, 0) is 9.59 Å². The summed E-state index contributed by atoms with van der Waals surface area (Å²) >= 11 is 0. The molecule has 1 amide bonds. The number of nitrogens with zero attached hydrogens (tertiary/aromatic N) is 1. The monoisotopic (exact) mass is 241 g/mol. The number of likely N-dealkylation sites (tertiary alicyclic amines) is 1. The van der Waals surface area contributed by atoms with E-state index in [1.165, 1.54) is 6.08 Å². The van der Waals surface area contributed by atoms with Gasteiger partial charge in [-0.05, 0) is 25.1 Å². The Morgan fingerprint density at radius 2 is 2.18 bits per heavy atom. The van der Waals surface area contributed by atoms with Crippen LogP contribution in [0.1, 0.15) is 32.6 Å². The lowest BCUT2D eigenvalue weighted by Crippen LogP contribution is -2.16. The van der Waals surface area contributed by atoms with Crippen molar-refractivity contribution in [3.05, 3.63) is 24.6 Å². The Hall–Kier alpha value is -1.78. The molecule has 5 heteroatoms. The molecule has 0 spiro atoms. The quantitative estimate of drug-likeness (QED) is 0.583. The number of aliphatic hydroxyl groups excluding tert-OH is 1. The summed E-state index contributed by atoms with van der Waals surface area (Å²) in [5, 5.41) is 16.6. The van der Waals surface area contributed by atoms with Gasteiger partial charge in [0.15, 0.2) is 5.76 Å². The van der Waals surface area contributed by atoms with Crippen LogP contribution in [0.4, 0.5) is 0 Å². The zero-order chi connectivity index (χ0) is 13.3. The molecule has 0 unspecified atom stereocenters. The van der Waals surface area contributed by atoms with Gasteiger partial charge >= 0.3 is 5.97 Å². The van der Waals surface area contributed by atoms with E-state index in [0.717, 1.165) is 19.4 Å². The second-order valence-electron chi connectivity index (χ2n) is 3.56. The van der Waals surface area contributed by atoms with Crippen LogP contribution in [0, 0.1) is 0 Å². The average Bonchev–Trinajstić information content (AvgIpc) is 2.72. The van der Waals surface area contributed by atoms with Crippen LogP contribution in [0.3, 0.4) is 0 Å². The highest BCUT2D eigenvalue weighted by Crippen LogP contribution is 2.08. The number of carbonyl (C=O) groups excluding carboxylic acids is 1. The van der Waals surface area contributed by atoms with Gasteiger partial charge in [-0.2, -0.15) is 0 Å². The predicted molar refractivity (Wildman–Crippen MR) is 64.4 cm³/mol. The molecule has 5 nitrogen and oxygen atoms in total. The lowest BCUT2D eigenvalue weighted by Gasteiger charge is -2.05. The average molecular weight is 241 g/mol. The topological polar surface area (TPSA) is 77.8 Å². The Bertz CT molecular complexity index is 310. The number of carbonyl (C=O) groups is 2. The van der Waals surface area contributed by atoms with Crippen LogP contribution in [0.2, 0.25) is 0 Å². The summed E-state index contributed by atoms with van der Waals surface area (Å²) < 4.78 is 0. The molecule has 1 saturated heterocycles. The first kappa shape index (κ1) is 15.2. The Morgan fingerprint density at radius 3 is 2.47 bits per heavy atom. The molecule has 0 saturated carbocycles. The van der Waals surface area contributed by atoms with E-state index in [2.05, 4.69) is 6.58 Å². The van der Waals surface area contributed by atoms with Crippen molar-refractivity contribution in [3.63, 3.8) is 0 Å². The van der Waals surface area contributed by atoms with E-state index in [0.29, 0.717) is 12.8 Å². The number of amides is 1. The standard InChI is InChI=1S/C6H9NO.C6H10O3/c1-2-7-5-3-4-6(7)8;1-2-3-4-5(7)6(8)9/h2H,1,3-5H2;4,7H,2-3H2,1H3,(H,8,9)/b;5-4-. The number of rotatable bonds is 4. The molecule has 0 atom stereocenters. The molecule has 1 rings (SSSR count). The molecule has 1 fully saturated rings. The van der Waals surface area contributed by atoms with Crippen molar-refractivity contribution in [1.29, 1.82) is 0 Å². The van der Waals surface area contributed by atoms with Gasteiger partial charge in [-0.3, -0.25) is 4.79 Å². The third-order valence-electron chi connectivity index (χ3n) is 2.18. The third kappa shape index (κ3) is 6.40. The minimum absolute atomic E-state index is 0.208. The van der Waals surface area contributed by atoms with Gasteiger partial charge in [0.1, 0.15) is 0 Å². The van der Waals surface area contributed by atoms with Gasteiger partial charge in [0.2, 0.25) is 5.91 Å². The minimum Gasteiger partial charge on any atom is -0.502 e. The lowest BCUT2D eigenvalue weighted by molar-refractivity contribution is -0.135. The number of carboxylic acid groups (broad SMARTS) is 1. The molecule has 17 heavy (non-hydrogen) atoms. The van der Waals surface area contributed by atoms with E-state index in [1.54, 1.807) is 11.1 Å². The van der Waals surface area contributed by atoms with Gasteiger partial charge < -0.3 is 15.1 Å². The van der Waals surface area contributed by atoms with Crippen molar-refractivity contribution in [2.45, 2.75) is 32.6 Å². The zero-order valence-corrected chi connectivity index (χ0v) is 10.1. The van der Waals surface area contributed by atoms with Crippen LogP contribution in [0.5, 0.6) is 0 Å². The van der Waals surface area contributed by atoms with E-state index in [1.807, 2.05) is 6.92 Å². The highest BCUT2D eigenvalue weighted by Gasteiger charge is 2.15. The molecule has 2 N–H and O–H groups in total. The number of allylic oxidation sites excluding steroid dienone is 1. The normalized spacial score (nSPS) is 15.2. The van der Waals surface area contributed by atoms with E-state index in [4.69, 9.17) is 10.2 Å². The number of carboxylic acids is 1. The summed E-state index contributed by atoms with van der Waals surface area (Å²) in [4.78, 5) is 22.2. The highest BCUT2D eigenvalue weighted by atomic mass is 16.4. The molecule has 0 aromatic rings. The summed E-state index contributed by atoms with van der Waals surface area (Å²) in [7, 11) is 0. The molecule has 0 aliphatic carbocycles. The highest BCUT2D eigenvalue weighted by molar-refractivity contribution is 5.83. The predicted octanol–water partition coefficient (Wildman–Crippen LogP) is 2.07. The molecule has 96 valence electrons. The van der Waals surface area contributed by atoms with Crippen molar-refractivity contribution in [2.24, 2.45) is 0 Å². The molecule has 0 aromatic carbocycles. The molecule has 1 aliphatic heterocycles.